The van der Waals surface area contributed by atoms with Crippen molar-refractivity contribution in [2.75, 3.05) is 23.9 Å². The van der Waals surface area contributed by atoms with Gasteiger partial charge in [0, 0.05) is 25.1 Å². The molecule has 1 fully saturated rings. The van der Waals surface area contributed by atoms with E-state index in [4.69, 9.17) is 11.6 Å². The summed E-state index contributed by atoms with van der Waals surface area (Å²) in [6, 6.07) is 21.1. The summed E-state index contributed by atoms with van der Waals surface area (Å²) in [6.45, 7) is 8.43. The highest BCUT2D eigenvalue weighted by Crippen LogP contribution is 2.45. The fourth-order valence-corrected chi connectivity index (χ4v) is 5.72. The Kier molecular flexibility index (Phi) is 8.92. The quantitative estimate of drug-likeness (QED) is 0.194. The van der Waals surface area contributed by atoms with Gasteiger partial charge in [0.25, 0.3) is 5.91 Å². The van der Waals surface area contributed by atoms with E-state index in [1.165, 1.54) is 29.2 Å². The Morgan fingerprint density at radius 2 is 1.79 bits per heavy atom. The number of esters is 1. The maximum atomic E-state index is 13.3. The van der Waals surface area contributed by atoms with Crippen LogP contribution in [0.5, 0.6) is 0 Å². The van der Waals surface area contributed by atoms with E-state index >= 15 is 0 Å². The first-order chi connectivity index (χ1) is 18.7. The normalized spacial score (nSPS) is 17.1. The van der Waals surface area contributed by atoms with Gasteiger partial charge in [0.15, 0.2) is 0 Å². The number of amides is 1. The number of hydrogen-bond donors (Lipinski definition) is 2. The van der Waals surface area contributed by atoms with Gasteiger partial charge in [0.1, 0.15) is 0 Å². The maximum Gasteiger partial charge on any atom is 0.302 e. The monoisotopic (exact) mass is 528 g/mol. The number of nitrogens with zero attached hydrogens (tertiary/aromatic N) is 2. The van der Waals surface area contributed by atoms with Crippen LogP contribution in [0.2, 0.25) is 0 Å². The first-order valence-electron chi connectivity index (χ1n) is 13.8. The predicted octanol–water partition coefficient (Wildman–Crippen LogP) is 5.34. The SMILES string of the molecule is CCN(N)c1ccc(Cc2ccc3c(c2)C2CCC(C3)N2C(=O)c2ccccc2)c(C)c1N.CCOC(C)=O. The molecule has 1 amide bonds. The number of carbonyl (C=O) groups excluding carboxylic acids is 2. The van der Waals surface area contributed by atoms with Crippen LogP contribution in [-0.2, 0) is 22.4 Å². The molecule has 206 valence electrons. The predicted molar refractivity (Wildman–Crippen MR) is 156 cm³/mol. The summed E-state index contributed by atoms with van der Waals surface area (Å²) >= 11 is 0. The van der Waals surface area contributed by atoms with Crippen molar-refractivity contribution < 1.29 is 14.3 Å². The number of carbonyl (C=O) groups is 2. The van der Waals surface area contributed by atoms with Gasteiger partial charge >= 0.3 is 5.97 Å². The van der Waals surface area contributed by atoms with Crippen LogP contribution in [-0.4, -0.2) is 36.0 Å². The van der Waals surface area contributed by atoms with Gasteiger partial charge in [0.2, 0.25) is 0 Å². The molecule has 2 unspecified atom stereocenters. The molecule has 0 aliphatic carbocycles. The van der Waals surface area contributed by atoms with Gasteiger partial charge in [-0.2, -0.15) is 0 Å². The minimum atomic E-state index is -0.211. The van der Waals surface area contributed by atoms with Gasteiger partial charge in [-0.1, -0.05) is 42.5 Å². The molecule has 1 saturated heterocycles. The molecule has 5 rings (SSSR count). The van der Waals surface area contributed by atoms with Crippen molar-refractivity contribution >= 4 is 23.3 Å². The third-order valence-corrected chi connectivity index (χ3v) is 7.78. The van der Waals surface area contributed by atoms with Crippen LogP contribution in [0.15, 0.2) is 60.7 Å². The lowest BCUT2D eigenvalue weighted by Gasteiger charge is -2.37. The van der Waals surface area contributed by atoms with Gasteiger partial charge < -0.3 is 20.4 Å². The molecular weight excluding hydrogens is 488 g/mol. The Morgan fingerprint density at radius 1 is 1.05 bits per heavy atom. The van der Waals surface area contributed by atoms with Crippen LogP contribution in [0.4, 0.5) is 11.4 Å². The van der Waals surface area contributed by atoms with Crippen molar-refractivity contribution in [1.82, 2.24) is 4.90 Å². The molecule has 2 aliphatic rings. The van der Waals surface area contributed by atoms with Gasteiger partial charge in [-0.15, -0.1) is 0 Å². The Hall–Kier alpha value is -3.84. The van der Waals surface area contributed by atoms with Crippen molar-refractivity contribution in [2.45, 2.75) is 65.5 Å². The summed E-state index contributed by atoms with van der Waals surface area (Å²) in [5, 5.41) is 1.68. The van der Waals surface area contributed by atoms with Crippen molar-refractivity contribution in [2.24, 2.45) is 5.84 Å². The molecule has 0 spiro atoms. The Labute approximate surface area is 231 Å². The second-order valence-corrected chi connectivity index (χ2v) is 10.2. The molecule has 7 heteroatoms. The summed E-state index contributed by atoms with van der Waals surface area (Å²) in [7, 11) is 0. The van der Waals surface area contributed by atoms with E-state index in [1.54, 1.807) is 11.9 Å². The first-order valence-corrected chi connectivity index (χ1v) is 13.8. The van der Waals surface area contributed by atoms with Crippen molar-refractivity contribution in [3.05, 3.63) is 94.0 Å². The molecule has 7 nitrogen and oxygen atoms in total. The van der Waals surface area contributed by atoms with E-state index in [1.807, 2.05) is 43.3 Å². The number of rotatable bonds is 6. The first kappa shape index (κ1) is 28.2. The van der Waals surface area contributed by atoms with Crippen LogP contribution in [0, 0.1) is 6.92 Å². The zero-order valence-electron chi connectivity index (χ0n) is 23.4. The average molecular weight is 529 g/mol. The maximum absolute atomic E-state index is 13.3. The van der Waals surface area contributed by atoms with Gasteiger partial charge in [-0.05, 0) is 92.5 Å². The lowest BCUT2D eigenvalue weighted by atomic mass is 9.89. The minimum absolute atomic E-state index is 0.153. The number of fused-ring (bicyclic) bond motifs is 4. The molecule has 3 aromatic rings. The van der Waals surface area contributed by atoms with Gasteiger partial charge in [-0.25, -0.2) is 5.84 Å². The van der Waals surface area contributed by atoms with E-state index in [2.05, 4.69) is 40.8 Å². The van der Waals surface area contributed by atoms with E-state index in [0.29, 0.717) is 19.2 Å². The van der Waals surface area contributed by atoms with E-state index in [9.17, 15) is 9.59 Å². The fourth-order valence-electron chi connectivity index (χ4n) is 5.72. The van der Waals surface area contributed by atoms with E-state index < -0.39 is 0 Å². The average Bonchev–Trinajstić information content (AvgIpc) is 3.26. The van der Waals surface area contributed by atoms with Crippen molar-refractivity contribution in [3.63, 3.8) is 0 Å². The number of benzene rings is 3. The van der Waals surface area contributed by atoms with Crippen molar-refractivity contribution in [1.29, 1.82) is 0 Å². The molecule has 0 aromatic heterocycles. The van der Waals surface area contributed by atoms with E-state index in [0.717, 1.165) is 48.2 Å². The third-order valence-electron chi connectivity index (χ3n) is 7.78. The number of hydrazine groups is 1. The second-order valence-electron chi connectivity index (χ2n) is 10.2. The van der Waals surface area contributed by atoms with Gasteiger partial charge in [-0.3, -0.25) is 9.59 Å². The molecule has 0 saturated carbocycles. The summed E-state index contributed by atoms with van der Waals surface area (Å²) in [5.41, 5.74) is 15.0. The molecule has 2 aliphatic heterocycles. The van der Waals surface area contributed by atoms with Crippen LogP contribution in [0.25, 0.3) is 0 Å². The summed E-state index contributed by atoms with van der Waals surface area (Å²) in [6.07, 6.45) is 3.85. The van der Waals surface area contributed by atoms with Gasteiger partial charge in [0.05, 0.1) is 24.0 Å². The molecule has 39 heavy (non-hydrogen) atoms. The lowest BCUT2D eigenvalue weighted by molar-refractivity contribution is -0.140. The lowest BCUT2D eigenvalue weighted by Crippen LogP contribution is -2.41. The standard InChI is InChI=1S/C28H32N4O.C4H8O2/c1-3-31(30)26-13-11-21(18(2)27(26)29)15-19-9-10-22-17-23-12-14-25(24(22)16-19)32(23)28(33)20-7-5-4-6-8-20;1-3-6-4(2)5/h4-11,13,16,23,25H,3,12,14-15,17,29-30H2,1-2H3;3H2,1-2H3. The number of ether oxygens (including phenoxy) is 1. The Balaban J connectivity index is 0.000000531. The molecule has 2 atom stereocenters. The second kappa shape index (κ2) is 12.3. The minimum Gasteiger partial charge on any atom is -0.466 e. The highest BCUT2D eigenvalue weighted by molar-refractivity contribution is 5.95. The third kappa shape index (κ3) is 6.09. The molecule has 2 heterocycles. The fraction of sp³-hybridized carbons (Fsp3) is 0.375. The number of anilines is 2. The Morgan fingerprint density at radius 3 is 2.44 bits per heavy atom. The summed E-state index contributed by atoms with van der Waals surface area (Å²) in [5.74, 6) is 6.02. The molecule has 0 radical (unpaired) electrons. The van der Waals surface area contributed by atoms with Crippen LogP contribution in [0.3, 0.4) is 0 Å². The van der Waals surface area contributed by atoms with Crippen LogP contribution >= 0.6 is 0 Å². The molecule has 2 bridgehead atoms. The highest BCUT2D eigenvalue weighted by Gasteiger charge is 2.42. The number of nitrogens with two attached hydrogens (primary N) is 2. The van der Waals surface area contributed by atoms with E-state index in [-0.39, 0.29) is 17.9 Å². The molecule has 3 aromatic carbocycles. The zero-order chi connectivity index (χ0) is 28.1. The topological polar surface area (TPSA) is 102 Å². The summed E-state index contributed by atoms with van der Waals surface area (Å²) in [4.78, 5) is 25.3. The largest absolute Gasteiger partial charge is 0.466 e. The summed E-state index contributed by atoms with van der Waals surface area (Å²) < 4.78 is 4.40. The van der Waals surface area contributed by atoms with Crippen molar-refractivity contribution in [3.8, 4) is 0 Å². The molecule has 4 N–H and O–H groups in total. The smallest absolute Gasteiger partial charge is 0.302 e. The van der Waals surface area contributed by atoms with Crippen LogP contribution < -0.4 is 16.6 Å². The van der Waals surface area contributed by atoms with Crippen LogP contribution in [0.1, 0.15) is 77.8 Å². The highest BCUT2D eigenvalue weighted by atomic mass is 16.5. The Bertz CT molecular complexity index is 1320. The molecular formula is C32H40N4O3. The number of nitrogen functional groups attached to an aromatic ring is 1. The number of hydrogen-bond acceptors (Lipinski definition) is 6. The zero-order valence-corrected chi connectivity index (χ0v) is 23.4.